The van der Waals surface area contributed by atoms with Crippen molar-refractivity contribution in [3.63, 3.8) is 0 Å². The van der Waals surface area contributed by atoms with Crippen molar-refractivity contribution >= 4 is 28.5 Å². The fraction of sp³-hybridized carbons (Fsp3) is 0. The molecule has 0 aliphatic carbocycles. The van der Waals surface area contributed by atoms with Gasteiger partial charge >= 0.3 is 0 Å². The number of hydrogen-bond acceptors (Lipinski definition) is 8. The van der Waals surface area contributed by atoms with Crippen LogP contribution in [0.1, 0.15) is 20.7 Å². The molecular weight excluding hydrogens is 464 g/mol. The third-order valence-corrected chi connectivity index (χ3v) is 3.71. The third-order valence-electron chi connectivity index (χ3n) is 3.30. The lowest BCUT2D eigenvalue weighted by atomic mass is 10.2. The topological polar surface area (TPSA) is 115 Å². The Morgan fingerprint density at radius 3 is 1.77 bits per heavy atom. The van der Waals surface area contributed by atoms with E-state index in [4.69, 9.17) is 9.84 Å². The maximum absolute atomic E-state index is 10.5. The molecule has 0 saturated heterocycles. The molecule has 0 unspecified atom stereocenters. The van der Waals surface area contributed by atoms with Crippen molar-refractivity contribution in [2.24, 2.45) is 0 Å². The Balaban J connectivity index is 0.000000181. The van der Waals surface area contributed by atoms with E-state index in [0.717, 1.165) is 10.8 Å². The van der Waals surface area contributed by atoms with Gasteiger partial charge in [0.15, 0.2) is 5.75 Å². The molecule has 2 aromatic carbocycles. The highest BCUT2D eigenvalue weighted by Gasteiger charge is 1.98. The Hall–Kier alpha value is -3.98. The Morgan fingerprint density at radius 1 is 0.742 bits per heavy atom. The van der Waals surface area contributed by atoms with E-state index < -0.39 is 0 Å². The molecule has 8 nitrogen and oxygen atoms in total. The number of halogens is 1. The van der Waals surface area contributed by atoms with Crippen LogP contribution in [0.5, 0.6) is 17.2 Å². The van der Waals surface area contributed by atoms with Crippen LogP contribution in [0.2, 0.25) is 0 Å². The highest BCUT2D eigenvalue weighted by molar-refractivity contribution is 9.10. The number of rotatable bonds is 4. The fourth-order valence-electron chi connectivity index (χ4n) is 2.00. The third kappa shape index (κ3) is 9.37. The minimum Gasteiger partial charge on any atom is -0.508 e. The number of benzene rings is 2. The van der Waals surface area contributed by atoms with Crippen LogP contribution in [0.3, 0.4) is 0 Å². The Bertz CT molecular complexity index is 1080. The lowest BCUT2D eigenvalue weighted by Gasteiger charge is -2.03. The summed E-state index contributed by atoms with van der Waals surface area (Å²) in [6, 6.07) is 13.1. The van der Waals surface area contributed by atoms with Gasteiger partial charge in [0.05, 0.1) is 16.9 Å². The Labute approximate surface area is 186 Å². The normalized spacial score (nSPS) is 9.19. The van der Waals surface area contributed by atoms with E-state index in [1.54, 1.807) is 61.2 Å². The summed E-state index contributed by atoms with van der Waals surface area (Å²) in [6.45, 7) is 0. The van der Waals surface area contributed by atoms with Crippen molar-refractivity contribution < 1.29 is 19.4 Å². The molecule has 0 radical (unpaired) electrons. The van der Waals surface area contributed by atoms with Crippen molar-refractivity contribution in [1.29, 1.82) is 0 Å². The quantitative estimate of drug-likeness (QED) is 0.423. The molecule has 0 spiro atoms. The van der Waals surface area contributed by atoms with Gasteiger partial charge in [-0.2, -0.15) is 0 Å². The first-order valence-corrected chi connectivity index (χ1v) is 9.53. The van der Waals surface area contributed by atoms with Crippen LogP contribution in [0.4, 0.5) is 0 Å². The minimum atomic E-state index is 0.125. The molecule has 2 aromatic heterocycles. The number of ether oxygens (including phenoxy) is 1. The molecule has 2 heterocycles. The average Bonchev–Trinajstić information content (AvgIpc) is 2.81. The second kappa shape index (κ2) is 13.3. The summed E-state index contributed by atoms with van der Waals surface area (Å²) < 4.78 is 6.35. The molecule has 4 rings (SSSR count). The second-order valence-electron chi connectivity index (χ2n) is 5.64. The number of carbonyl (C=O) groups is 2. The van der Waals surface area contributed by atoms with Gasteiger partial charge in [0, 0.05) is 23.5 Å². The molecule has 0 atom stereocenters. The first kappa shape index (κ1) is 23.3. The van der Waals surface area contributed by atoms with Gasteiger partial charge in [-0.3, -0.25) is 9.59 Å². The van der Waals surface area contributed by atoms with Crippen LogP contribution in [0, 0.1) is 0 Å². The zero-order valence-corrected chi connectivity index (χ0v) is 17.7. The highest BCUT2D eigenvalue weighted by Crippen LogP contribution is 2.19. The van der Waals surface area contributed by atoms with Gasteiger partial charge in [-0.1, -0.05) is 24.3 Å². The number of hydrogen-bond donors (Lipinski definition) is 1. The van der Waals surface area contributed by atoms with Crippen molar-refractivity contribution in [3.05, 3.63) is 102 Å². The second-order valence-corrected chi connectivity index (χ2v) is 6.55. The van der Waals surface area contributed by atoms with Gasteiger partial charge in [0.1, 0.15) is 36.7 Å². The van der Waals surface area contributed by atoms with Crippen LogP contribution in [0.15, 0.2) is 90.4 Å². The van der Waals surface area contributed by atoms with E-state index in [9.17, 15) is 9.59 Å². The molecule has 0 aliphatic heterocycles. The number of phenols is 1. The van der Waals surface area contributed by atoms with Crippen molar-refractivity contribution in [2.45, 2.75) is 0 Å². The SMILES string of the molecule is Brc1cncnc1.O=Cc1cccc(O)c1.O=Cc1cccc(Oc2cncnc2)c1. The van der Waals surface area contributed by atoms with Gasteiger partial charge < -0.3 is 9.84 Å². The predicted molar refractivity (Wildman–Crippen MR) is 117 cm³/mol. The van der Waals surface area contributed by atoms with Gasteiger partial charge in [-0.25, -0.2) is 19.9 Å². The molecule has 0 bridgehead atoms. The number of nitrogens with zero attached hydrogens (tertiary/aromatic N) is 4. The monoisotopic (exact) mass is 480 g/mol. The van der Waals surface area contributed by atoms with Crippen LogP contribution in [0.25, 0.3) is 0 Å². The van der Waals surface area contributed by atoms with Crippen molar-refractivity contribution in [2.75, 3.05) is 0 Å². The lowest BCUT2D eigenvalue weighted by molar-refractivity contribution is 0.111. The molecule has 0 amide bonds. The summed E-state index contributed by atoms with van der Waals surface area (Å²) >= 11 is 3.19. The standard InChI is InChI=1S/C11H8N2O2.C7H6O2.C4H3BrN2/c14-7-9-2-1-3-10(4-9)15-11-5-12-8-13-6-11;8-5-6-2-1-3-7(9)4-6;5-4-1-6-3-7-2-4/h1-8H;1-5,9H;1-3H. The van der Waals surface area contributed by atoms with E-state index in [-0.39, 0.29) is 5.75 Å². The first-order chi connectivity index (χ1) is 15.1. The molecule has 9 heteroatoms. The summed E-state index contributed by atoms with van der Waals surface area (Å²) in [6.07, 6.45) is 10.9. The number of carbonyl (C=O) groups excluding carboxylic acids is 2. The molecule has 156 valence electrons. The lowest BCUT2D eigenvalue weighted by Crippen LogP contribution is -1.87. The first-order valence-electron chi connectivity index (χ1n) is 8.73. The largest absolute Gasteiger partial charge is 0.508 e. The number of aromatic hydroxyl groups is 1. The van der Waals surface area contributed by atoms with Crippen molar-refractivity contribution in [3.8, 4) is 17.2 Å². The maximum atomic E-state index is 10.5. The fourth-order valence-corrected chi connectivity index (χ4v) is 2.24. The van der Waals surface area contributed by atoms with Crippen LogP contribution >= 0.6 is 15.9 Å². The summed E-state index contributed by atoms with van der Waals surface area (Å²) in [7, 11) is 0. The number of phenolic OH excluding ortho intramolecular Hbond substituents is 1. The van der Waals surface area contributed by atoms with Crippen LogP contribution in [-0.2, 0) is 0 Å². The zero-order chi connectivity index (χ0) is 22.3. The highest BCUT2D eigenvalue weighted by atomic mass is 79.9. The average molecular weight is 481 g/mol. The molecule has 31 heavy (non-hydrogen) atoms. The molecular formula is C22H17BrN4O4. The summed E-state index contributed by atoms with van der Waals surface area (Å²) in [5.74, 6) is 1.26. The molecule has 0 fully saturated rings. The molecule has 0 saturated carbocycles. The van der Waals surface area contributed by atoms with Gasteiger partial charge in [0.2, 0.25) is 0 Å². The summed E-state index contributed by atoms with van der Waals surface area (Å²) in [5, 5.41) is 8.79. The van der Waals surface area contributed by atoms with Crippen LogP contribution in [-0.4, -0.2) is 37.6 Å². The summed E-state index contributed by atoms with van der Waals surface area (Å²) in [4.78, 5) is 35.7. The smallest absolute Gasteiger partial charge is 0.163 e. The minimum absolute atomic E-state index is 0.125. The number of aromatic nitrogens is 4. The molecule has 0 aliphatic rings. The Kier molecular flexibility index (Phi) is 9.98. The van der Waals surface area contributed by atoms with Gasteiger partial charge in [-0.05, 0) is 40.2 Å². The predicted octanol–water partition coefficient (Wildman–Crippen LogP) is 4.53. The Morgan fingerprint density at radius 2 is 1.29 bits per heavy atom. The van der Waals surface area contributed by atoms with E-state index in [1.165, 1.54) is 24.8 Å². The van der Waals surface area contributed by atoms with E-state index in [1.807, 2.05) is 0 Å². The molecule has 1 N–H and O–H groups in total. The number of aldehydes is 2. The maximum Gasteiger partial charge on any atom is 0.163 e. The van der Waals surface area contributed by atoms with E-state index in [0.29, 0.717) is 28.9 Å². The summed E-state index contributed by atoms with van der Waals surface area (Å²) in [5.41, 5.74) is 1.07. The van der Waals surface area contributed by atoms with Crippen molar-refractivity contribution in [1.82, 2.24) is 19.9 Å². The van der Waals surface area contributed by atoms with Gasteiger partial charge in [-0.15, -0.1) is 0 Å². The van der Waals surface area contributed by atoms with Crippen LogP contribution < -0.4 is 4.74 Å². The zero-order valence-electron chi connectivity index (χ0n) is 16.1. The van der Waals surface area contributed by atoms with Gasteiger partial charge in [0.25, 0.3) is 0 Å². The van der Waals surface area contributed by atoms with E-state index in [2.05, 4.69) is 35.9 Å². The van der Waals surface area contributed by atoms with E-state index >= 15 is 0 Å². The molecule has 4 aromatic rings.